The maximum absolute atomic E-state index is 5.23. The Labute approximate surface area is 155 Å². The van der Waals surface area contributed by atoms with Crippen LogP contribution in [0.5, 0.6) is 0 Å². The fraction of sp³-hybridized carbons (Fsp3) is 0.526. The van der Waals surface area contributed by atoms with E-state index >= 15 is 0 Å². The molecule has 7 heteroatoms. The number of nitrogens with one attached hydrogen (secondary N) is 1. The number of pyridine rings is 1. The van der Waals surface area contributed by atoms with Crippen molar-refractivity contribution in [2.24, 2.45) is 4.99 Å². The molecule has 0 aromatic carbocycles. The van der Waals surface area contributed by atoms with Gasteiger partial charge in [0.25, 0.3) is 0 Å². The zero-order valence-electron chi connectivity index (χ0n) is 15.9. The second-order valence-corrected chi connectivity index (χ2v) is 6.45. The Morgan fingerprint density at radius 3 is 2.65 bits per heavy atom. The van der Waals surface area contributed by atoms with Gasteiger partial charge in [0.2, 0.25) is 0 Å². The van der Waals surface area contributed by atoms with Crippen molar-refractivity contribution in [3.8, 4) is 0 Å². The summed E-state index contributed by atoms with van der Waals surface area (Å²) in [4.78, 5) is 13.9. The highest BCUT2D eigenvalue weighted by Gasteiger charge is 2.20. The molecule has 1 N–H and O–H groups in total. The Balaban J connectivity index is 1.58. The molecule has 0 unspecified atom stereocenters. The number of rotatable bonds is 5. The highest BCUT2D eigenvalue weighted by Crippen LogP contribution is 2.14. The van der Waals surface area contributed by atoms with E-state index in [1.165, 1.54) is 5.56 Å². The minimum atomic E-state index is 0.728. The molecular formula is C19H28N6O. The number of anilines is 1. The monoisotopic (exact) mass is 356 g/mol. The lowest BCUT2D eigenvalue weighted by Gasteiger charge is -2.37. The van der Waals surface area contributed by atoms with Gasteiger partial charge in [0, 0.05) is 51.0 Å². The third-order valence-electron chi connectivity index (χ3n) is 4.69. The predicted octanol–water partition coefficient (Wildman–Crippen LogP) is 2.02. The van der Waals surface area contributed by atoms with Crippen molar-refractivity contribution in [1.29, 1.82) is 0 Å². The van der Waals surface area contributed by atoms with Crippen molar-refractivity contribution in [3.05, 3.63) is 41.4 Å². The van der Waals surface area contributed by atoms with Gasteiger partial charge < -0.3 is 19.6 Å². The van der Waals surface area contributed by atoms with Gasteiger partial charge >= 0.3 is 0 Å². The van der Waals surface area contributed by atoms with Gasteiger partial charge in [-0.25, -0.2) is 4.98 Å². The zero-order chi connectivity index (χ0) is 18.4. The van der Waals surface area contributed by atoms with Crippen LogP contribution in [-0.2, 0) is 6.42 Å². The third kappa shape index (κ3) is 4.33. The van der Waals surface area contributed by atoms with Crippen LogP contribution in [0.3, 0.4) is 0 Å². The van der Waals surface area contributed by atoms with Crippen molar-refractivity contribution < 1.29 is 4.52 Å². The maximum atomic E-state index is 5.23. The molecule has 1 saturated heterocycles. The van der Waals surface area contributed by atoms with Gasteiger partial charge in [-0.15, -0.1) is 0 Å². The molecule has 0 saturated carbocycles. The Morgan fingerprint density at radius 1 is 1.23 bits per heavy atom. The van der Waals surface area contributed by atoms with Crippen LogP contribution in [0.2, 0.25) is 0 Å². The van der Waals surface area contributed by atoms with Gasteiger partial charge in [0.15, 0.2) is 5.96 Å². The number of aromatic nitrogens is 2. The molecule has 0 radical (unpaired) electrons. The predicted molar refractivity (Wildman–Crippen MR) is 104 cm³/mol. The molecule has 0 aliphatic carbocycles. The molecule has 2 aromatic heterocycles. The van der Waals surface area contributed by atoms with Crippen LogP contribution >= 0.6 is 0 Å². The number of hydrogen-bond acceptors (Lipinski definition) is 5. The van der Waals surface area contributed by atoms with Crippen LogP contribution in [0.4, 0.5) is 5.82 Å². The lowest BCUT2D eigenvalue weighted by atomic mass is 10.1. The summed E-state index contributed by atoms with van der Waals surface area (Å²) in [5.41, 5.74) is 2.14. The van der Waals surface area contributed by atoms with Gasteiger partial charge in [-0.2, -0.15) is 0 Å². The number of hydrogen-bond donors (Lipinski definition) is 1. The molecule has 0 atom stereocenters. The molecule has 7 nitrogen and oxygen atoms in total. The van der Waals surface area contributed by atoms with E-state index in [1.54, 1.807) is 0 Å². The lowest BCUT2D eigenvalue weighted by Crippen LogP contribution is -2.52. The summed E-state index contributed by atoms with van der Waals surface area (Å²) in [6, 6.07) is 6.06. The fourth-order valence-corrected chi connectivity index (χ4v) is 3.25. The molecular weight excluding hydrogens is 328 g/mol. The van der Waals surface area contributed by atoms with Crippen LogP contribution < -0.4 is 10.2 Å². The van der Waals surface area contributed by atoms with E-state index in [2.05, 4.69) is 38.2 Å². The lowest BCUT2D eigenvalue weighted by molar-refractivity contribution is 0.371. The topological polar surface area (TPSA) is 69.8 Å². The van der Waals surface area contributed by atoms with Crippen LogP contribution in [0.15, 0.2) is 33.9 Å². The Morgan fingerprint density at radius 2 is 2.04 bits per heavy atom. The van der Waals surface area contributed by atoms with Gasteiger partial charge in [0.1, 0.15) is 11.6 Å². The highest BCUT2D eigenvalue weighted by molar-refractivity contribution is 5.80. The summed E-state index contributed by atoms with van der Waals surface area (Å²) in [6.07, 6.45) is 2.70. The molecule has 0 spiro atoms. The third-order valence-corrected chi connectivity index (χ3v) is 4.69. The number of aryl methyl sites for hydroxylation is 2. The minimum Gasteiger partial charge on any atom is -0.361 e. The largest absolute Gasteiger partial charge is 0.361 e. The van der Waals surface area contributed by atoms with Crippen LogP contribution in [0, 0.1) is 13.8 Å². The average molecular weight is 356 g/mol. The SMILES string of the molecule is CCNC(=NCCc1c(C)noc1C)N1CCN(c2ccccn2)CC1. The molecule has 1 aliphatic rings. The highest BCUT2D eigenvalue weighted by atomic mass is 16.5. The molecule has 26 heavy (non-hydrogen) atoms. The van der Waals surface area contributed by atoms with E-state index in [1.807, 2.05) is 32.2 Å². The summed E-state index contributed by atoms with van der Waals surface area (Å²) in [7, 11) is 0. The van der Waals surface area contributed by atoms with Gasteiger partial charge in [-0.3, -0.25) is 4.99 Å². The number of aliphatic imine (C=N–C) groups is 1. The second-order valence-electron chi connectivity index (χ2n) is 6.45. The van der Waals surface area contributed by atoms with E-state index in [4.69, 9.17) is 9.52 Å². The number of piperazine rings is 1. The van der Waals surface area contributed by atoms with Crippen LogP contribution in [0.1, 0.15) is 23.9 Å². The first-order valence-corrected chi connectivity index (χ1v) is 9.30. The fourth-order valence-electron chi connectivity index (χ4n) is 3.25. The molecule has 2 aromatic rings. The van der Waals surface area contributed by atoms with Gasteiger partial charge in [-0.05, 0) is 39.3 Å². The summed E-state index contributed by atoms with van der Waals surface area (Å²) in [5, 5.41) is 7.44. The maximum Gasteiger partial charge on any atom is 0.194 e. The Bertz CT molecular complexity index is 699. The van der Waals surface area contributed by atoms with Crippen molar-refractivity contribution in [2.45, 2.75) is 27.2 Å². The van der Waals surface area contributed by atoms with Crippen LogP contribution in [-0.4, -0.2) is 60.3 Å². The minimum absolute atomic E-state index is 0.728. The van der Waals surface area contributed by atoms with Crippen molar-refractivity contribution in [2.75, 3.05) is 44.2 Å². The quantitative estimate of drug-likeness (QED) is 0.653. The first-order chi connectivity index (χ1) is 12.7. The first kappa shape index (κ1) is 18.2. The van der Waals surface area contributed by atoms with Crippen LogP contribution in [0.25, 0.3) is 0 Å². The molecule has 3 rings (SSSR count). The average Bonchev–Trinajstić information content (AvgIpc) is 3.00. The Kier molecular flexibility index (Phi) is 6.09. The summed E-state index contributed by atoms with van der Waals surface area (Å²) in [6.45, 7) is 11.4. The van der Waals surface area contributed by atoms with Gasteiger partial charge in [0.05, 0.1) is 5.69 Å². The normalized spacial score (nSPS) is 15.4. The smallest absolute Gasteiger partial charge is 0.194 e. The summed E-state index contributed by atoms with van der Waals surface area (Å²) in [5.74, 6) is 2.93. The molecule has 1 fully saturated rings. The molecule has 0 bridgehead atoms. The van der Waals surface area contributed by atoms with E-state index in [-0.39, 0.29) is 0 Å². The molecule has 140 valence electrons. The van der Waals surface area contributed by atoms with Gasteiger partial charge in [-0.1, -0.05) is 11.2 Å². The molecule has 0 amide bonds. The standard InChI is InChI=1S/C19H28N6O/c1-4-20-19(22-10-8-17-15(2)23-26-16(17)3)25-13-11-24(12-14-25)18-7-5-6-9-21-18/h5-7,9H,4,8,10-14H2,1-3H3,(H,20,22). The second kappa shape index (κ2) is 8.69. The summed E-state index contributed by atoms with van der Waals surface area (Å²) < 4.78 is 5.23. The zero-order valence-corrected chi connectivity index (χ0v) is 15.9. The van der Waals surface area contributed by atoms with E-state index in [0.29, 0.717) is 0 Å². The number of nitrogens with zero attached hydrogens (tertiary/aromatic N) is 5. The van der Waals surface area contributed by atoms with E-state index in [9.17, 15) is 0 Å². The van der Waals surface area contributed by atoms with Crippen molar-refractivity contribution in [3.63, 3.8) is 0 Å². The Hall–Kier alpha value is -2.57. The summed E-state index contributed by atoms with van der Waals surface area (Å²) >= 11 is 0. The molecule has 3 heterocycles. The van der Waals surface area contributed by atoms with Crippen molar-refractivity contribution in [1.82, 2.24) is 20.4 Å². The van der Waals surface area contributed by atoms with E-state index in [0.717, 1.165) is 68.9 Å². The number of guanidine groups is 1. The van der Waals surface area contributed by atoms with Crippen molar-refractivity contribution >= 4 is 11.8 Å². The first-order valence-electron chi connectivity index (χ1n) is 9.30. The van der Waals surface area contributed by atoms with E-state index < -0.39 is 0 Å². The molecule has 1 aliphatic heterocycles.